The number of rotatable bonds is 2. The molecule has 0 spiro atoms. The Hall–Kier alpha value is -2.47. The first-order valence-electron chi connectivity index (χ1n) is 7.54. The van der Waals surface area contributed by atoms with E-state index in [9.17, 15) is 10.0 Å². The summed E-state index contributed by atoms with van der Waals surface area (Å²) in [4.78, 5) is 12.2. The Labute approximate surface area is 130 Å². The molecule has 0 saturated carbocycles. The fraction of sp³-hybridized carbons (Fsp3) is 0.316. The second kappa shape index (κ2) is 6.53. The van der Waals surface area contributed by atoms with E-state index in [1.165, 1.54) is 0 Å². The molecule has 0 bridgehead atoms. The number of hydrogen-bond acceptors (Lipinski definition) is 2. The molecule has 1 heterocycles. The molecule has 0 saturated heterocycles. The van der Waals surface area contributed by atoms with Gasteiger partial charge in [0.25, 0.3) is 5.56 Å². The summed E-state index contributed by atoms with van der Waals surface area (Å²) in [5.74, 6) is 6.38. The first-order chi connectivity index (χ1) is 10.5. The van der Waals surface area contributed by atoms with Gasteiger partial charge in [-0.05, 0) is 43.2 Å². The molecule has 3 heteroatoms. The fourth-order valence-corrected chi connectivity index (χ4v) is 2.57. The molecule has 1 aromatic heterocycles. The molecule has 0 atom stereocenters. The third-order valence-corrected chi connectivity index (χ3v) is 3.90. The summed E-state index contributed by atoms with van der Waals surface area (Å²) in [5, 5.41) is 12.4. The Morgan fingerprint density at radius 1 is 1.41 bits per heavy atom. The second-order valence-corrected chi connectivity index (χ2v) is 5.33. The summed E-state index contributed by atoms with van der Waals surface area (Å²) in [6.07, 6.45) is 5.04. The van der Waals surface area contributed by atoms with Crippen LogP contribution in [0.4, 0.5) is 0 Å². The SMILES string of the molecule is C=c1c(C)c2/c(=C\C)c(C#CCCCC)ccc2c(=O)n1O. The molecule has 0 amide bonds. The van der Waals surface area contributed by atoms with Gasteiger partial charge in [0.15, 0.2) is 0 Å². The van der Waals surface area contributed by atoms with Gasteiger partial charge in [0.1, 0.15) is 0 Å². The van der Waals surface area contributed by atoms with Crippen molar-refractivity contribution in [1.82, 2.24) is 4.73 Å². The molecule has 2 aromatic rings. The minimum Gasteiger partial charge on any atom is -0.425 e. The van der Waals surface area contributed by atoms with Crippen LogP contribution < -0.4 is 16.1 Å². The van der Waals surface area contributed by atoms with Crippen LogP contribution in [-0.2, 0) is 0 Å². The van der Waals surface area contributed by atoms with Gasteiger partial charge in [0, 0.05) is 17.4 Å². The summed E-state index contributed by atoms with van der Waals surface area (Å²) in [6.45, 7) is 9.71. The van der Waals surface area contributed by atoms with Crippen molar-refractivity contribution < 1.29 is 5.21 Å². The van der Waals surface area contributed by atoms with Gasteiger partial charge in [0.2, 0.25) is 0 Å². The lowest BCUT2D eigenvalue weighted by molar-refractivity contribution is 0.168. The van der Waals surface area contributed by atoms with Crippen molar-refractivity contribution in [3.05, 3.63) is 44.2 Å². The monoisotopic (exact) mass is 295 g/mol. The molecule has 1 aromatic carbocycles. The minimum absolute atomic E-state index is 0.316. The summed E-state index contributed by atoms with van der Waals surface area (Å²) in [5.41, 5.74) is 1.25. The molecule has 0 fully saturated rings. The highest BCUT2D eigenvalue weighted by atomic mass is 16.5. The Morgan fingerprint density at radius 3 is 2.77 bits per heavy atom. The predicted octanol–water partition coefficient (Wildman–Crippen LogP) is 2.30. The van der Waals surface area contributed by atoms with Crippen molar-refractivity contribution in [1.29, 1.82) is 0 Å². The molecule has 0 aliphatic rings. The average Bonchev–Trinajstić information content (AvgIpc) is 2.54. The maximum atomic E-state index is 12.2. The van der Waals surface area contributed by atoms with E-state index in [4.69, 9.17) is 0 Å². The molecule has 22 heavy (non-hydrogen) atoms. The third-order valence-electron chi connectivity index (χ3n) is 3.90. The van der Waals surface area contributed by atoms with Crippen molar-refractivity contribution >= 4 is 23.4 Å². The fourth-order valence-electron chi connectivity index (χ4n) is 2.57. The van der Waals surface area contributed by atoms with Crippen molar-refractivity contribution in [2.45, 2.75) is 40.0 Å². The number of benzene rings is 1. The topological polar surface area (TPSA) is 42.2 Å². The second-order valence-electron chi connectivity index (χ2n) is 5.33. The van der Waals surface area contributed by atoms with Gasteiger partial charge in [0.05, 0.1) is 10.7 Å². The smallest absolute Gasteiger partial charge is 0.291 e. The molecule has 1 N–H and O–H groups in total. The summed E-state index contributed by atoms with van der Waals surface area (Å²) in [7, 11) is 0. The molecule has 0 aliphatic heterocycles. The van der Waals surface area contributed by atoms with Gasteiger partial charge in [-0.3, -0.25) is 4.79 Å². The highest BCUT2D eigenvalue weighted by Gasteiger charge is 2.10. The predicted molar refractivity (Wildman–Crippen MR) is 91.4 cm³/mol. The van der Waals surface area contributed by atoms with E-state index in [0.717, 1.165) is 41.0 Å². The van der Waals surface area contributed by atoms with Crippen molar-refractivity contribution in [2.75, 3.05) is 0 Å². The minimum atomic E-state index is -0.445. The van der Waals surface area contributed by atoms with E-state index >= 15 is 0 Å². The number of aromatic nitrogens is 1. The number of hydrogen-bond donors (Lipinski definition) is 1. The third kappa shape index (κ3) is 2.65. The maximum absolute atomic E-state index is 12.2. The van der Waals surface area contributed by atoms with E-state index in [1.54, 1.807) is 6.07 Å². The van der Waals surface area contributed by atoms with E-state index in [1.807, 2.05) is 26.0 Å². The van der Waals surface area contributed by atoms with Crippen LogP contribution in [0.15, 0.2) is 16.9 Å². The standard InChI is InChI=1S/C19H21NO2/c1-5-7-8-9-10-15-11-12-17-18(16(15)6-2)13(3)14(4)20(22)19(17)21/h6,11-12,22H,4-5,7-8H2,1-3H3/b16-6-. The van der Waals surface area contributed by atoms with Crippen LogP contribution in [0.5, 0.6) is 0 Å². The van der Waals surface area contributed by atoms with Gasteiger partial charge in [-0.25, -0.2) is 0 Å². The molecule has 0 unspecified atom stereocenters. The first kappa shape index (κ1) is 15.9. The van der Waals surface area contributed by atoms with Crippen molar-refractivity contribution in [3.63, 3.8) is 0 Å². The van der Waals surface area contributed by atoms with Crippen LogP contribution >= 0.6 is 0 Å². The highest BCUT2D eigenvalue weighted by Crippen LogP contribution is 2.09. The van der Waals surface area contributed by atoms with Crippen LogP contribution in [0.1, 0.15) is 44.2 Å². The molecular formula is C19H21NO2. The summed E-state index contributed by atoms with van der Waals surface area (Å²) < 4.78 is 0.615. The molecule has 0 aliphatic carbocycles. The van der Waals surface area contributed by atoms with Gasteiger partial charge in [-0.15, -0.1) is 4.73 Å². The van der Waals surface area contributed by atoms with Crippen LogP contribution in [-0.4, -0.2) is 9.94 Å². The Balaban J connectivity index is 2.83. The molecule has 2 rings (SSSR count). The molecule has 0 radical (unpaired) electrons. The molecule has 3 nitrogen and oxygen atoms in total. The van der Waals surface area contributed by atoms with Crippen molar-refractivity contribution in [2.24, 2.45) is 0 Å². The van der Waals surface area contributed by atoms with E-state index in [0.29, 0.717) is 15.5 Å². The lowest BCUT2D eigenvalue weighted by Gasteiger charge is -2.08. The molecular weight excluding hydrogens is 274 g/mol. The van der Waals surface area contributed by atoms with Gasteiger partial charge >= 0.3 is 0 Å². The van der Waals surface area contributed by atoms with Gasteiger partial charge in [-0.2, -0.15) is 0 Å². The zero-order valence-corrected chi connectivity index (χ0v) is 13.4. The van der Waals surface area contributed by atoms with E-state index in [-0.39, 0.29) is 0 Å². The maximum Gasteiger partial charge on any atom is 0.291 e. The number of unbranched alkanes of at least 4 members (excludes halogenated alkanes) is 2. The Morgan fingerprint density at radius 2 is 2.14 bits per heavy atom. The molecule has 114 valence electrons. The Bertz CT molecular complexity index is 940. The zero-order valence-electron chi connectivity index (χ0n) is 13.4. The first-order valence-corrected chi connectivity index (χ1v) is 7.54. The Kier molecular flexibility index (Phi) is 4.72. The van der Waals surface area contributed by atoms with Crippen LogP contribution in [0, 0.1) is 18.8 Å². The highest BCUT2D eigenvalue weighted by molar-refractivity contribution is 5.87. The number of fused-ring (bicyclic) bond motifs is 1. The van der Waals surface area contributed by atoms with Crippen molar-refractivity contribution in [3.8, 4) is 11.8 Å². The van der Waals surface area contributed by atoms with Crippen LogP contribution in [0.2, 0.25) is 0 Å². The summed E-state index contributed by atoms with van der Waals surface area (Å²) in [6, 6.07) is 3.58. The number of pyridine rings is 1. The number of nitrogens with zero attached hydrogens (tertiary/aromatic N) is 1. The normalized spacial score (nSPS) is 11.5. The van der Waals surface area contributed by atoms with E-state index in [2.05, 4.69) is 25.3 Å². The number of aryl methyl sites for hydroxylation is 1. The van der Waals surface area contributed by atoms with Crippen LogP contribution in [0.3, 0.4) is 0 Å². The summed E-state index contributed by atoms with van der Waals surface area (Å²) >= 11 is 0. The zero-order chi connectivity index (χ0) is 16.3. The lowest BCUT2D eigenvalue weighted by atomic mass is 10.0. The lowest BCUT2D eigenvalue weighted by Crippen LogP contribution is -2.34. The average molecular weight is 295 g/mol. The van der Waals surface area contributed by atoms with Gasteiger partial charge in [-0.1, -0.05) is 37.8 Å². The quantitative estimate of drug-likeness (QED) is 0.525. The largest absolute Gasteiger partial charge is 0.425 e. The van der Waals surface area contributed by atoms with E-state index < -0.39 is 5.56 Å². The van der Waals surface area contributed by atoms with Gasteiger partial charge < -0.3 is 5.21 Å². The van der Waals surface area contributed by atoms with Crippen LogP contribution in [0.25, 0.3) is 23.4 Å².